The van der Waals surface area contributed by atoms with E-state index in [1.165, 1.54) is 18.4 Å². The molecule has 0 aliphatic heterocycles. The molecule has 1 saturated carbocycles. The van der Waals surface area contributed by atoms with Crippen LogP contribution in [0.4, 0.5) is 4.79 Å². The van der Waals surface area contributed by atoms with Crippen LogP contribution in [0.25, 0.3) is 0 Å². The molecule has 80 valence electrons. The van der Waals surface area contributed by atoms with Crippen molar-refractivity contribution in [3.8, 4) is 0 Å². The Morgan fingerprint density at radius 3 is 2.87 bits per heavy atom. The van der Waals surface area contributed by atoms with Gasteiger partial charge in [-0.1, -0.05) is 24.3 Å². The van der Waals surface area contributed by atoms with Crippen molar-refractivity contribution < 1.29 is 9.90 Å². The number of nitrogens with one attached hydrogen (secondary N) is 1. The fraction of sp³-hybridized carbons (Fsp3) is 0.417. The zero-order valence-electron chi connectivity index (χ0n) is 8.73. The molecule has 0 spiro atoms. The maximum Gasteiger partial charge on any atom is 0.405 e. The lowest BCUT2D eigenvalue weighted by atomic mass is 10.0. The van der Waals surface area contributed by atoms with E-state index in [9.17, 15) is 4.79 Å². The quantitative estimate of drug-likeness (QED) is 0.797. The van der Waals surface area contributed by atoms with Crippen LogP contribution in [0.5, 0.6) is 0 Å². The molecule has 0 bridgehead atoms. The second-order valence-corrected chi connectivity index (χ2v) is 4.12. The summed E-state index contributed by atoms with van der Waals surface area (Å²) in [6.07, 6.45) is 1.56. The number of rotatable bonds is 3. The molecule has 1 unspecified atom stereocenters. The van der Waals surface area contributed by atoms with Gasteiger partial charge in [0, 0.05) is 0 Å². The standard InChI is InChI=1S/C12H15NO2/c1-8(13-12(14)15)10-3-2-4-11(7-10)9-5-6-9/h2-4,7-9,13H,5-6H2,1H3,(H,14,15). The predicted molar refractivity (Wildman–Crippen MR) is 58.0 cm³/mol. The summed E-state index contributed by atoms with van der Waals surface area (Å²) in [5, 5.41) is 11.1. The third-order valence-corrected chi connectivity index (χ3v) is 2.80. The highest BCUT2D eigenvalue weighted by molar-refractivity contribution is 5.65. The molecule has 0 aromatic heterocycles. The molecule has 3 heteroatoms. The summed E-state index contributed by atoms with van der Waals surface area (Å²) in [5.74, 6) is 0.710. The molecule has 1 fully saturated rings. The number of hydrogen-bond acceptors (Lipinski definition) is 1. The van der Waals surface area contributed by atoms with Crippen LogP contribution in [0.15, 0.2) is 24.3 Å². The molecule has 1 aliphatic rings. The van der Waals surface area contributed by atoms with Gasteiger partial charge in [0.15, 0.2) is 0 Å². The molecular formula is C12H15NO2. The lowest BCUT2D eigenvalue weighted by Gasteiger charge is -2.12. The van der Waals surface area contributed by atoms with Gasteiger partial charge in [0.1, 0.15) is 0 Å². The SMILES string of the molecule is CC(NC(=O)O)c1cccc(C2CC2)c1. The van der Waals surface area contributed by atoms with Gasteiger partial charge < -0.3 is 10.4 Å². The second-order valence-electron chi connectivity index (χ2n) is 4.12. The molecule has 1 aliphatic carbocycles. The van der Waals surface area contributed by atoms with Crippen LogP contribution in [0, 0.1) is 0 Å². The summed E-state index contributed by atoms with van der Waals surface area (Å²) in [7, 11) is 0. The van der Waals surface area contributed by atoms with Crippen molar-refractivity contribution in [2.45, 2.75) is 31.7 Å². The molecule has 2 N–H and O–H groups in total. The molecule has 1 amide bonds. The Labute approximate surface area is 89.1 Å². The average molecular weight is 205 g/mol. The lowest BCUT2D eigenvalue weighted by Crippen LogP contribution is -2.24. The third-order valence-electron chi connectivity index (χ3n) is 2.80. The summed E-state index contributed by atoms with van der Waals surface area (Å²) < 4.78 is 0. The number of carbonyl (C=O) groups is 1. The molecule has 2 rings (SSSR count). The Kier molecular flexibility index (Phi) is 2.62. The topological polar surface area (TPSA) is 49.3 Å². The minimum Gasteiger partial charge on any atom is -0.465 e. The fourth-order valence-electron chi connectivity index (χ4n) is 1.77. The number of carboxylic acid groups (broad SMARTS) is 1. The molecule has 1 aromatic rings. The fourth-order valence-corrected chi connectivity index (χ4v) is 1.77. The van der Waals surface area contributed by atoms with Crippen molar-refractivity contribution in [1.29, 1.82) is 0 Å². The summed E-state index contributed by atoms with van der Waals surface area (Å²) in [6.45, 7) is 1.86. The van der Waals surface area contributed by atoms with E-state index in [0.29, 0.717) is 5.92 Å². The normalized spacial score (nSPS) is 17.1. The van der Waals surface area contributed by atoms with Gasteiger partial charge in [-0.15, -0.1) is 0 Å². The molecule has 15 heavy (non-hydrogen) atoms. The Bertz CT molecular complexity index is 372. The van der Waals surface area contributed by atoms with Crippen molar-refractivity contribution in [2.24, 2.45) is 0 Å². The highest BCUT2D eigenvalue weighted by atomic mass is 16.4. The van der Waals surface area contributed by atoms with E-state index < -0.39 is 6.09 Å². The smallest absolute Gasteiger partial charge is 0.405 e. The summed E-state index contributed by atoms with van der Waals surface area (Å²) in [5.41, 5.74) is 2.38. The van der Waals surface area contributed by atoms with Gasteiger partial charge in [0.05, 0.1) is 6.04 Å². The second kappa shape index (κ2) is 3.93. The molecule has 0 radical (unpaired) electrons. The predicted octanol–water partition coefficient (Wildman–Crippen LogP) is 2.89. The van der Waals surface area contributed by atoms with Crippen molar-refractivity contribution >= 4 is 6.09 Å². The van der Waals surface area contributed by atoms with Crippen LogP contribution in [0.2, 0.25) is 0 Å². The minimum absolute atomic E-state index is 0.138. The Hall–Kier alpha value is -1.51. The lowest BCUT2D eigenvalue weighted by molar-refractivity contribution is 0.191. The molecule has 3 nitrogen and oxygen atoms in total. The van der Waals surface area contributed by atoms with Crippen LogP contribution in [-0.4, -0.2) is 11.2 Å². The van der Waals surface area contributed by atoms with Crippen LogP contribution in [0.3, 0.4) is 0 Å². The van der Waals surface area contributed by atoms with E-state index in [0.717, 1.165) is 5.56 Å². The molecule has 0 heterocycles. The van der Waals surface area contributed by atoms with E-state index in [-0.39, 0.29) is 6.04 Å². The van der Waals surface area contributed by atoms with Crippen LogP contribution in [0.1, 0.15) is 42.9 Å². The monoisotopic (exact) mass is 205 g/mol. The van der Waals surface area contributed by atoms with Gasteiger partial charge in [-0.2, -0.15) is 0 Å². The van der Waals surface area contributed by atoms with Crippen LogP contribution >= 0.6 is 0 Å². The molecule has 1 aromatic carbocycles. The van der Waals surface area contributed by atoms with Crippen LogP contribution < -0.4 is 5.32 Å². The number of benzene rings is 1. The molecule has 0 saturated heterocycles. The van der Waals surface area contributed by atoms with E-state index in [1.54, 1.807) is 0 Å². The minimum atomic E-state index is -0.973. The maximum absolute atomic E-state index is 10.5. The van der Waals surface area contributed by atoms with E-state index in [4.69, 9.17) is 5.11 Å². The Balaban J connectivity index is 2.12. The zero-order chi connectivity index (χ0) is 10.8. The summed E-state index contributed by atoms with van der Waals surface area (Å²) >= 11 is 0. The summed E-state index contributed by atoms with van der Waals surface area (Å²) in [6, 6.07) is 8.06. The van der Waals surface area contributed by atoms with Gasteiger partial charge >= 0.3 is 6.09 Å². The van der Waals surface area contributed by atoms with Crippen molar-refractivity contribution in [3.63, 3.8) is 0 Å². The van der Waals surface area contributed by atoms with Crippen molar-refractivity contribution in [1.82, 2.24) is 5.32 Å². The first-order chi connectivity index (χ1) is 7.16. The zero-order valence-corrected chi connectivity index (χ0v) is 8.73. The number of hydrogen-bond donors (Lipinski definition) is 2. The Morgan fingerprint density at radius 1 is 1.53 bits per heavy atom. The van der Waals surface area contributed by atoms with Crippen LogP contribution in [-0.2, 0) is 0 Å². The first-order valence-corrected chi connectivity index (χ1v) is 5.26. The van der Waals surface area contributed by atoms with Gasteiger partial charge in [-0.25, -0.2) is 4.79 Å². The van der Waals surface area contributed by atoms with E-state index in [1.807, 2.05) is 19.1 Å². The van der Waals surface area contributed by atoms with Gasteiger partial charge in [0.2, 0.25) is 0 Å². The number of amides is 1. The van der Waals surface area contributed by atoms with Crippen molar-refractivity contribution in [2.75, 3.05) is 0 Å². The Morgan fingerprint density at radius 2 is 2.27 bits per heavy atom. The molecular weight excluding hydrogens is 190 g/mol. The van der Waals surface area contributed by atoms with Gasteiger partial charge in [-0.05, 0) is 36.8 Å². The first kappa shape index (κ1) is 10.0. The van der Waals surface area contributed by atoms with Gasteiger partial charge in [0.25, 0.3) is 0 Å². The van der Waals surface area contributed by atoms with E-state index in [2.05, 4.69) is 17.4 Å². The average Bonchev–Trinajstić information content (AvgIpc) is 3.00. The molecule has 1 atom stereocenters. The van der Waals surface area contributed by atoms with E-state index >= 15 is 0 Å². The summed E-state index contributed by atoms with van der Waals surface area (Å²) in [4.78, 5) is 10.5. The van der Waals surface area contributed by atoms with Gasteiger partial charge in [-0.3, -0.25) is 0 Å². The highest BCUT2D eigenvalue weighted by Crippen LogP contribution is 2.40. The first-order valence-electron chi connectivity index (χ1n) is 5.26. The largest absolute Gasteiger partial charge is 0.465 e. The van der Waals surface area contributed by atoms with Crippen molar-refractivity contribution in [3.05, 3.63) is 35.4 Å². The maximum atomic E-state index is 10.5. The third kappa shape index (κ3) is 2.49. The highest BCUT2D eigenvalue weighted by Gasteiger charge is 2.23.